The second-order valence-corrected chi connectivity index (χ2v) is 10.2. The van der Waals surface area contributed by atoms with Crippen molar-refractivity contribution in [1.29, 1.82) is 0 Å². The highest BCUT2D eigenvalue weighted by Crippen LogP contribution is 2.45. The molecule has 6 nitrogen and oxygen atoms in total. The topological polar surface area (TPSA) is 96.4 Å². The molecule has 0 aliphatic heterocycles. The van der Waals surface area contributed by atoms with Crippen LogP contribution in [0.1, 0.15) is 29.7 Å². The molecule has 2 N–H and O–H groups in total. The maximum atomic E-state index is 15.8. The summed E-state index contributed by atoms with van der Waals surface area (Å²) >= 11 is 11.9. The third-order valence-electron chi connectivity index (χ3n) is 4.87. The summed E-state index contributed by atoms with van der Waals surface area (Å²) in [7, 11) is -3.58. The number of hydrogen-bond acceptors (Lipinski definition) is 5. The van der Waals surface area contributed by atoms with Crippen LogP contribution in [0.5, 0.6) is 0 Å². The van der Waals surface area contributed by atoms with Crippen LogP contribution < -0.4 is 5.32 Å². The lowest BCUT2D eigenvalue weighted by molar-refractivity contribution is -0.136. The molecule has 1 aromatic heterocycles. The van der Waals surface area contributed by atoms with Gasteiger partial charge in [0, 0.05) is 34.6 Å². The summed E-state index contributed by atoms with van der Waals surface area (Å²) < 4.78 is 39.3. The number of amides is 1. The number of nitrogens with zero attached hydrogens (tertiary/aromatic N) is 1. The van der Waals surface area contributed by atoms with E-state index in [2.05, 4.69) is 10.3 Å². The Bertz CT molecular complexity index is 1070. The van der Waals surface area contributed by atoms with E-state index >= 15 is 4.39 Å². The molecule has 2 aromatic rings. The molecular weight excluding hydrogens is 442 g/mol. The number of halogens is 3. The monoisotopic (exact) mass is 460 g/mol. The molecule has 0 fully saturated rings. The van der Waals surface area contributed by atoms with Crippen molar-refractivity contribution in [2.45, 2.75) is 30.7 Å². The molecule has 2 atom stereocenters. The Labute approximate surface area is 178 Å². The molecule has 1 amide bonds. The normalized spacial score (nSPS) is 24.0. The summed E-state index contributed by atoms with van der Waals surface area (Å²) in [6, 6.07) is 7.51. The number of benzene rings is 1. The number of alkyl halides is 1. The molecule has 0 bridgehead atoms. The standard InChI is InChI=1S/C19H19Cl2FN2O4S/c1-29(27,28)11-18(26)6-7-19(22,14-3-2-8-23-16(14)18)17(25)24-10-12-4-5-13(20)9-15(12)21/h2-5,8-9,26H,6-7,10-11H2,1H3,(H,24,25). The van der Waals surface area contributed by atoms with Crippen molar-refractivity contribution >= 4 is 38.9 Å². The molecule has 1 heterocycles. The molecule has 1 aliphatic rings. The highest BCUT2D eigenvalue weighted by Gasteiger charge is 2.52. The van der Waals surface area contributed by atoms with Gasteiger partial charge in [-0.05, 0) is 36.6 Å². The summed E-state index contributed by atoms with van der Waals surface area (Å²) in [5.41, 5.74) is -4.05. The van der Waals surface area contributed by atoms with Gasteiger partial charge in [-0.1, -0.05) is 35.3 Å². The van der Waals surface area contributed by atoms with E-state index in [0.29, 0.717) is 15.6 Å². The highest BCUT2D eigenvalue weighted by molar-refractivity contribution is 7.90. The number of sulfone groups is 1. The zero-order valence-corrected chi connectivity index (χ0v) is 17.8. The predicted molar refractivity (Wildman–Crippen MR) is 108 cm³/mol. The molecule has 1 aliphatic carbocycles. The Hall–Kier alpha value is -1.74. The quantitative estimate of drug-likeness (QED) is 0.714. The maximum absolute atomic E-state index is 15.8. The number of pyridine rings is 1. The number of carbonyl (C=O) groups excluding carboxylic acids is 1. The average molecular weight is 461 g/mol. The molecule has 3 rings (SSSR count). The zero-order chi connectivity index (χ0) is 21.4. The zero-order valence-electron chi connectivity index (χ0n) is 15.5. The van der Waals surface area contributed by atoms with E-state index in [1.165, 1.54) is 24.4 Å². The van der Waals surface area contributed by atoms with Crippen LogP contribution in [0.15, 0.2) is 36.5 Å². The second kappa shape index (κ2) is 7.83. The number of aliphatic hydroxyl groups is 1. The van der Waals surface area contributed by atoms with Gasteiger partial charge in [-0.2, -0.15) is 0 Å². The third-order valence-corrected chi connectivity index (χ3v) is 6.46. The van der Waals surface area contributed by atoms with Gasteiger partial charge < -0.3 is 10.4 Å². The average Bonchev–Trinajstić information content (AvgIpc) is 2.63. The fourth-order valence-electron chi connectivity index (χ4n) is 3.52. The fraction of sp³-hybridized carbons (Fsp3) is 0.368. The van der Waals surface area contributed by atoms with Crippen LogP contribution >= 0.6 is 23.2 Å². The van der Waals surface area contributed by atoms with Gasteiger partial charge in [-0.25, -0.2) is 12.8 Å². The maximum Gasteiger partial charge on any atom is 0.262 e. The van der Waals surface area contributed by atoms with Crippen LogP contribution in [0.4, 0.5) is 4.39 Å². The summed E-state index contributed by atoms with van der Waals surface area (Å²) in [4.78, 5) is 16.8. The second-order valence-electron chi connectivity index (χ2n) is 7.22. The fourth-order valence-corrected chi connectivity index (χ4v) is 5.14. The first kappa shape index (κ1) is 22.0. The molecule has 2 unspecified atom stereocenters. The van der Waals surface area contributed by atoms with E-state index in [9.17, 15) is 18.3 Å². The SMILES string of the molecule is CS(=O)(=O)CC1(O)CCC(F)(C(=O)NCc2ccc(Cl)cc2Cl)c2cccnc21. The molecular formula is C19H19Cl2FN2O4S. The van der Waals surface area contributed by atoms with E-state index in [-0.39, 0.29) is 24.2 Å². The van der Waals surface area contributed by atoms with Crippen molar-refractivity contribution in [2.24, 2.45) is 0 Å². The number of nitrogens with one attached hydrogen (secondary N) is 1. The van der Waals surface area contributed by atoms with Crippen LogP contribution in [0, 0.1) is 0 Å². The van der Waals surface area contributed by atoms with Crippen molar-refractivity contribution in [3.8, 4) is 0 Å². The van der Waals surface area contributed by atoms with E-state index in [1.807, 2.05) is 0 Å². The summed E-state index contributed by atoms with van der Waals surface area (Å²) in [5.74, 6) is -1.53. The number of rotatable bonds is 5. The Morgan fingerprint density at radius 3 is 2.69 bits per heavy atom. The molecule has 0 radical (unpaired) electrons. The first-order valence-electron chi connectivity index (χ1n) is 8.72. The van der Waals surface area contributed by atoms with Crippen molar-refractivity contribution in [2.75, 3.05) is 12.0 Å². The Morgan fingerprint density at radius 2 is 2.03 bits per heavy atom. The van der Waals surface area contributed by atoms with Gasteiger partial charge in [0.05, 0.1) is 11.4 Å². The summed E-state index contributed by atoms with van der Waals surface area (Å²) in [6.45, 7) is -0.0241. The molecule has 0 saturated carbocycles. The molecule has 0 spiro atoms. The lowest BCUT2D eigenvalue weighted by Crippen LogP contribution is -2.49. The van der Waals surface area contributed by atoms with E-state index in [0.717, 1.165) is 6.26 Å². The Kier molecular flexibility index (Phi) is 5.93. The van der Waals surface area contributed by atoms with Gasteiger partial charge in [0.2, 0.25) is 5.67 Å². The lowest BCUT2D eigenvalue weighted by atomic mass is 9.75. The van der Waals surface area contributed by atoms with Crippen LogP contribution in [0.2, 0.25) is 10.0 Å². The summed E-state index contributed by atoms with van der Waals surface area (Å²) in [6.07, 6.45) is 1.64. The van der Waals surface area contributed by atoms with Gasteiger partial charge in [-0.3, -0.25) is 9.78 Å². The number of aromatic nitrogens is 1. The molecule has 156 valence electrons. The molecule has 0 saturated heterocycles. The lowest BCUT2D eigenvalue weighted by Gasteiger charge is -2.39. The van der Waals surface area contributed by atoms with Gasteiger partial charge in [0.15, 0.2) is 9.84 Å². The number of carbonyl (C=O) groups is 1. The first-order chi connectivity index (χ1) is 13.4. The van der Waals surface area contributed by atoms with Crippen molar-refractivity contribution in [3.05, 3.63) is 63.4 Å². The number of hydrogen-bond donors (Lipinski definition) is 2. The van der Waals surface area contributed by atoms with Gasteiger partial charge in [0.25, 0.3) is 5.91 Å². The number of fused-ring (bicyclic) bond motifs is 1. The van der Waals surface area contributed by atoms with Crippen LogP contribution in [0.3, 0.4) is 0 Å². The van der Waals surface area contributed by atoms with Crippen LogP contribution in [0.25, 0.3) is 0 Å². The van der Waals surface area contributed by atoms with Gasteiger partial charge in [-0.15, -0.1) is 0 Å². The highest BCUT2D eigenvalue weighted by atomic mass is 35.5. The van der Waals surface area contributed by atoms with Crippen LogP contribution in [-0.4, -0.2) is 36.4 Å². The molecule has 1 aromatic carbocycles. The van der Waals surface area contributed by atoms with E-state index < -0.39 is 39.2 Å². The predicted octanol–water partition coefficient (Wildman–Crippen LogP) is 2.90. The Morgan fingerprint density at radius 1 is 1.31 bits per heavy atom. The minimum Gasteiger partial charge on any atom is -0.382 e. The van der Waals surface area contributed by atoms with Crippen LogP contribution in [-0.2, 0) is 32.4 Å². The summed E-state index contributed by atoms with van der Waals surface area (Å²) in [5, 5.41) is 14.2. The van der Waals surface area contributed by atoms with Crippen molar-refractivity contribution in [1.82, 2.24) is 10.3 Å². The Balaban J connectivity index is 1.89. The smallest absolute Gasteiger partial charge is 0.262 e. The largest absolute Gasteiger partial charge is 0.382 e. The third kappa shape index (κ3) is 4.55. The van der Waals surface area contributed by atoms with E-state index in [1.54, 1.807) is 12.1 Å². The van der Waals surface area contributed by atoms with Crippen molar-refractivity contribution in [3.63, 3.8) is 0 Å². The van der Waals surface area contributed by atoms with Gasteiger partial charge >= 0.3 is 0 Å². The molecule has 29 heavy (non-hydrogen) atoms. The first-order valence-corrected chi connectivity index (χ1v) is 11.5. The minimum absolute atomic E-state index is 0.0241. The van der Waals surface area contributed by atoms with Crippen molar-refractivity contribution < 1.29 is 22.7 Å². The minimum atomic E-state index is -3.58. The van der Waals surface area contributed by atoms with Gasteiger partial charge in [0.1, 0.15) is 5.60 Å². The van der Waals surface area contributed by atoms with E-state index in [4.69, 9.17) is 23.2 Å². The molecule has 10 heteroatoms.